The lowest BCUT2D eigenvalue weighted by Crippen LogP contribution is -2.05. The number of halogens is 1. The lowest BCUT2D eigenvalue weighted by Gasteiger charge is -1.99. The van der Waals surface area contributed by atoms with Crippen LogP contribution in [0.3, 0.4) is 0 Å². The number of nitrogens with zero attached hydrogens (tertiary/aromatic N) is 1. The minimum Gasteiger partial charge on any atom is -0.426 e. The van der Waals surface area contributed by atoms with Crippen molar-refractivity contribution in [3.8, 4) is 11.8 Å². The van der Waals surface area contributed by atoms with E-state index in [1.165, 1.54) is 24.3 Å². The Hall–Kier alpha value is -1.89. The van der Waals surface area contributed by atoms with Gasteiger partial charge in [-0.2, -0.15) is 5.26 Å². The highest BCUT2D eigenvalue weighted by molar-refractivity contribution is 5.74. The topological polar surface area (TPSA) is 50.1 Å². The van der Waals surface area contributed by atoms with Crippen LogP contribution in [-0.4, -0.2) is 5.97 Å². The van der Waals surface area contributed by atoms with E-state index >= 15 is 0 Å². The fraction of sp³-hybridized carbons (Fsp3) is 0.111. The third-order valence-electron chi connectivity index (χ3n) is 1.27. The molecule has 0 fully saturated rings. The van der Waals surface area contributed by atoms with Gasteiger partial charge < -0.3 is 4.74 Å². The number of hydrogen-bond donors (Lipinski definition) is 0. The average molecular weight is 179 g/mol. The van der Waals surface area contributed by atoms with Gasteiger partial charge in [0.05, 0.1) is 6.07 Å². The molecule has 0 aromatic heterocycles. The van der Waals surface area contributed by atoms with Crippen molar-refractivity contribution in [1.29, 1.82) is 5.26 Å². The number of benzene rings is 1. The Morgan fingerprint density at radius 3 is 2.62 bits per heavy atom. The van der Waals surface area contributed by atoms with Gasteiger partial charge in [0.1, 0.15) is 18.0 Å². The Morgan fingerprint density at radius 2 is 2.08 bits per heavy atom. The van der Waals surface area contributed by atoms with Gasteiger partial charge in [0.25, 0.3) is 0 Å². The Balaban J connectivity index is 2.60. The van der Waals surface area contributed by atoms with E-state index in [-0.39, 0.29) is 12.2 Å². The maximum Gasteiger partial charge on any atom is 0.325 e. The summed E-state index contributed by atoms with van der Waals surface area (Å²) in [5, 5.41) is 8.15. The van der Waals surface area contributed by atoms with E-state index in [2.05, 4.69) is 4.74 Å². The van der Waals surface area contributed by atoms with E-state index in [9.17, 15) is 9.18 Å². The van der Waals surface area contributed by atoms with Crippen molar-refractivity contribution in [3.05, 3.63) is 30.1 Å². The molecule has 0 spiro atoms. The number of ether oxygens (including phenoxy) is 1. The highest BCUT2D eigenvalue weighted by Crippen LogP contribution is 2.11. The van der Waals surface area contributed by atoms with Crippen molar-refractivity contribution < 1.29 is 13.9 Å². The number of carbonyl (C=O) groups excluding carboxylic acids is 1. The Bertz CT molecular complexity index is 340. The van der Waals surface area contributed by atoms with E-state index in [4.69, 9.17) is 5.26 Å². The van der Waals surface area contributed by atoms with Gasteiger partial charge in [0.15, 0.2) is 0 Å². The summed E-state index contributed by atoms with van der Waals surface area (Å²) in [6.45, 7) is 0. The number of carbonyl (C=O) groups is 1. The normalized spacial score (nSPS) is 8.92. The molecule has 3 nitrogen and oxygen atoms in total. The molecule has 4 heteroatoms. The van der Waals surface area contributed by atoms with Crippen LogP contribution in [0.2, 0.25) is 0 Å². The fourth-order valence-corrected chi connectivity index (χ4v) is 0.735. The summed E-state index contributed by atoms with van der Waals surface area (Å²) < 4.78 is 17.1. The van der Waals surface area contributed by atoms with Crippen molar-refractivity contribution in [3.63, 3.8) is 0 Å². The van der Waals surface area contributed by atoms with E-state index in [1.54, 1.807) is 6.07 Å². The van der Waals surface area contributed by atoms with E-state index in [0.717, 1.165) is 0 Å². The van der Waals surface area contributed by atoms with Crippen LogP contribution in [0, 0.1) is 17.1 Å². The predicted molar refractivity (Wildman–Crippen MR) is 42.3 cm³/mol. The van der Waals surface area contributed by atoms with Gasteiger partial charge in [-0.05, 0) is 24.3 Å². The molecule has 0 heterocycles. The molecule has 0 N–H and O–H groups in total. The molecule has 0 aliphatic rings. The minimum atomic E-state index is -0.644. The van der Waals surface area contributed by atoms with E-state index in [1.807, 2.05) is 0 Å². The van der Waals surface area contributed by atoms with E-state index in [0.29, 0.717) is 0 Å². The SMILES string of the molecule is N#CCC(=O)Oc1ccc(F)cc1. The third-order valence-corrected chi connectivity index (χ3v) is 1.27. The molecular weight excluding hydrogens is 173 g/mol. The van der Waals surface area contributed by atoms with Crippen molar-refractivity contribution in [1.82, 2.24) is 0 Å². The van der Waals surface area contributed by atoms with Crippen LogP contribution in [-0.2, 0) is 4.79 Å². The van der Waals surface area contributed by atoms with Crippen molar-refractivity contribution >= 4 is 5.97 Å². The largest absolute Gasteiger partial charge is 0.426 e. The van der Waals surface area contributed by atoms with E-state index < -0.39 is 11.8 Å². The molecule has 1 rings (SSSR count). The molecule has 0 unspecified atom stereocenters. The van der Waals surface area contributed by atoms with Gasteiger partial charge >= 0.3 is 5.97 Å². The van der Waals surface area contributed by atoms with Crippen LogP contribution >= 0.6 is 0 Å². The molecule has 0 aliphatic carbocycles. The van der Waals surface area contributed by atoms with Crippen LogP contribution in [0.5, 0.6) is 5.75 Å². The zero-order chi connectivity index (χ0) is 9.68. The fourth-order valence-electron chi connectivity index (χ4n) is 0.735. The maximum atomic E-state index is 12.4. The van der Waals surface area contributed by atoms with Crippen LogP contribution in [0.15, 0.2) is 24.3 Å². The molecule has 0 amide bonds. The van der Waals surface area contributed by atoms with Crippen molar-refractivity contribution in [2.75, 3.05) is 0 Å². The lowest BCUT2D eigenvalue weighted by atomic mass is 10.3. The van der Waals surface area contributed by atoms with Crippen LogP contribution < -0.4 is 4.74 Å². The first-order valence-electron chi connectivity index (χ1n) is 3.55. The van der Waals surface area contributed by atoms with Gasteiger partial charge in [-0.3, -0.25) is 4.79 Å². The smallest absolute Gasteiger partial charge is 0.325 e. The summed E-state index contributed by atoms with van der Waals surface area (Å²) in [4.78, 5) is 10.8. The Kier molecular flexibility index (Phi) is 2.98. The number of rotatable bonds is 2. The summed E-state index contributed by atoms with van der Waals surface area (Å²) in [5.74, 6) is -0.809. The summed E-state index contributed by atoms with van der Waals surface area (Å²) in [6.07, 6.45) is -0.308. The minimum absolute atomic E-state index is 0.238. The van der Waals surface area contributed by atoms with Crippen molar-refractivity contribution in [2.45, 2.75) is 6.42 Å². The second-order valence-electron chi connectivity index (χ2n) is 2.26. The Labute approximate surface area is 74.4 Å². The average Bonchev–Trinajstić information content (AvgIpc) is 2.09. The molecule has 1 aromatic rings. The van der Waals surface area contributed by atoms with Crippen LogP contribution in [0.4, 0.5) is 4.39 Å². The quantitative estimate of drug-likeness (QED) is 0.512. The zero-order valence-corrected chi connectivity index (χ0v) is 6.66. The second kappa shape index (κ2) is 4.21. The highest BCUT2D eigenvalue weighted by atomic mass is 19.1. The number of esters is 1. The molecule has 0 radical (unpaired) electrons. The molecular formula is C9H6FNO2. The first-order valence-corrected chi connectivity index (χ1v) is 3.55. The molecule has 0 saturated heterocycles. The summed E-state index contributed by atoms with van der Waals surface area (Å²) in [6, 6.07) is 6.65. The first-order chi connectivity index (χ1) is 6.22. The zero-order valence-electron chi connectivity index (χ0n) is 6.66. The standard InChI is InChI=1S/C9H6FNO2/c10-7-1-3-8(4-2-7)13-9(12)5-6-11/h1-4H,5H2. The molecule has 0 saturated carbocycles. The molecule has 0 atom stereocenters. The number of nitriles is 1. The monoisotopic (exact) mass is 179 g/mol. The molecule has 13 heavy (non-hydrogen) atoms. The third kappa shape index (κ3) is 2.91. The summed E-state index contributed by atoms with van der Waals surface area (Å²) in [5.41, 5.74) is 0. The molecule has 1 aromatic carbocycles. The van der Waals surface area contributed by atoms with Crippen LogP contribution in [0.1, 0.15) is 6.42 Å². The Morgan fingerprint density at radius 1 is 1.46 bits per heavy atom. The van der Waals surface area contributed by atoms with Crippen molar-refractivity contribution in [2.24, 2.45) is 0 Å². The van der Waals surface area contributed by atoms with Crippen LogP contribution in [0.25, 0.3) is 0 Å². The molecule has 0 bridgehead atoms. The van der Waals surface area contributed by atoms with Gasteiger partial charge in [-0.25, -0.2) is 4.39 Å². The van der Waals surface area contributed by atoms with Gasteiger partial charge in [0.2, 0.25) is 0 Å². The summed E-state index contributed by atoms with van der Waals surface area (Å²) >= 11 is 0. The first kappa shape index (κ1) is 9.20. The predicted octanol–water partition coefficient (Wildman–Crippen LogP) is 1.64. The van der Waals surface area contributed by atoms with Gasteiger partial charge in [0, 0.05) is 0 Å². The second-order valence-corrected chi connectivity index (χ2v) is 2.26. The number of hydrogen-bond acceptors (Lipinski definition) is 3. The van der Waals surface area contributed by atoms with Gasteiger partial charge in [-0.15, -0.1) is 0 Å². The highest BCUT2D eigenvalue weighted by Gasteiger charge is 2.02. The lowest BCUT2D eigenvalue weighted by molar-refractivity contribution is -0.133. The molecule has 66 valence electrons. The van der Waals surface area contributed by atoms with Gasteiger partial charge in [-0.1, -0.05) is 0 Å². The molecule has 0 aliphatic heterocycles. The summed E-state index contributed by atoms with van der Waals surface area (Å²) in [7, 11) is 0. The maximum absolute atomic E-state index is 12.4.